The maximum atomic E-state index is 4.54. The van der Waals surface area contributed by atoms with Gasteiger partial charge in [0, 0.05) is 44.5 Å². The molecule has 19 heavy (non-hydrogen) atoms. The number of likely N-dealkylation sites (N-methyl/N-ethyl adjacent to an activating group) is 1. The van der Waals surface area contributed by atoms with E-state index >= 15 is 0 Å². The van der Waals surface area contributed by atoms with Crippen LogP contribution in [-0.2, 0) is 6.54 Å². The second kappa shape index (κ2) is 6.30. The van der Waals surface area contributed by atoms with Crippen molar-refractivity contribution in [2.75, 3.05) is 39.0 Å². The van der Waals surface area contributed by atoms with E-state index < -0.39 is 0 Å². The summed E-state index contributed by atoms with van der Waals surface area (Å²) in [5.41, 5.74) is 1.02. The fourth-order valence-corrected chi connectivity index (χ4v) is 2.62. The molecular formula is C14H25N5. The van der Waals surface area contributed by atoms with Gasteiger partial charge in [-0.05, 0) is 20.4 Å². The van der Waals surface area contributed by atoms with Crippen molar-refractivity contribution >= 4 is 5.82 Å². The van der Waals surface area contributed by atoms with E-state index in [1.807, 2.05) is 20.0 Å². The van der Waals surface area contributed by atoms with Gasteiger partial charge < -0.3 is 10.2 Å². The number of nitrogens with one attached hydrogen (secondary N) is 1. The molecule has 1 fully saturated rings. The first-order chi connectivity index (χ1) is 9.12. The van der Waals surface area contributed by atoms with Crippen LogP contribution in [0.2, 0.25) is 0 Å². The number of anilines is 1. The highest BCUT2D eigenvalue weighted by atomic mass is 15.3. The molecule has 1 atom stereocenters. The molecule has 1 aliphatic heterocycles. The van der Waals surface area contributed by atoms with Crippen molar-refractivity contribution in [3.05, 3.63) is 17.6 Å². The lowest BCUT2D eigenvalue weighted by Gasteiger charge is -2.38. The Bertz CT molecular complexity index is 420. The van der Waals surface area contributed by atoms with Gasteiger partial charge in [0.1, 0.15) is 11.6 Å². The first-order valence-electron chi connectivity index (χ1n) is 7.07. The van der Waals surface area contributed by atoms with Gasteiger partial charge in [0.05, 0.1) is 6.54 Å². The second-order valence-electron chi connectivity index (χ2n) is 5.34. The summed E-state index contributed by atoms with van der Waals surface area (Å²) in [5, 5.41) is 3.09. The largest absolute Gasteiger partial charge is 0.373 e. The number of piperazine rings is 1. The Morgan fingerprint density at radius 1 is 1.37 bits per heavy atom. The monoisotopic (exact) mass is 263 g/mol. The van der Waals surface area contributed by atoms with Crippen LogP contribution in [-0.4, -0.2) is 59.5 Å². The molecule has 0 spiro atoms. The fourth-order valence-electron chi connectivity index (χ4n) is 2.62. The van der Waals surface area contributed by atoms with Gasteiger partial charge in [0.25, 0.3) is 0 Å². The molecule has 0 saturated carbocycles. The standard InChI is InChI=1S/C14H25N5/c1-5-12-9-19(7-6-18(12)4)10-14-16-11(2)8-13(15-3)17-14/h8,12H,5-7,9-10H2,1-4H3,(H,15,16,17). The summed E-state index contributed by atoms with van der Waals surface area (Å²) < 4.78 is 0. The first-order valence-corrected chi connectivity index (χ1v) is 7.07. The average molecular weight is 263 g/mol. The number of rotatable bonds is 4. The van der Waals surface area contributed by atoms with Crippen LogP contribution in [0.5, 0.6) is 0 Å². The highest BCUT2D eigenvalue weighted by Gasteiger charge is 2.23. The zero-order chi connectivity index (χ0) is 13.8. The summed E-state index contributed by atoms with van der Waals surface area (Å²) in [6.45, 7) is 8.46. The van der Waals surface area contributed by atoms with Gasteiger partial charge in [-0.25, -0.2) is 9.97 Å². The van der Waals surface area contributed by atoms with Crippen molar-refractivity contribution in [3.8, 4) is 0 Å². The second-order valence-corrected chi connectivity index (χ2v) is 5.34. The Morgan fingerprint density at radius 3 is 2.84 bits per heavy atom. The molecule has 0 bridgehead atoms. The van der Waals surface area contributed by atoms with Gasteiger partial charge in [0.2, 0.25) is 0 Å². The van der Waals surface area contributed by atoms with E-state index in [9.17, 15) is 0 Å². The minimum atomic E-state index is 0.655. The quantitative estimate of drug-likeness (QED) is 0.888. The maximum Gasteiger partial charge on any atom is 0.144 e. The molecule has 1 saturated heterocycles. The predicted octanol–water partition coefficient (Wildman–Crippen LogP) is 1.35. The summed E-state index contributed by atoms with van der Waals surface area (Å²) in [5.74, 6) is 1.83. The summed E-state index contributed by atoms with van der Waals surface area (Å²) in [4.78, 5) is 14.0. The summed E-state index contributed by atoms with van der Waals surface area (Å²) in [7, 11) is 4.11. The van der Waals surface area contributed by atoms with Crippen LogP contribution < -0.4 is 5.32 Å². The van der Waals surface area contributed by atoms with Crippen molar-refractivity contribution in [2.45, 2.75) is 32.9 Å². The molecule has 1 unspecified atom stereocenters. The van der Waals surface area contributed by atoms with Crippen molar-refractivity contribution in [1.29, 1.82) is 0 Å². The summed E-state index contributed by atoms with van der Waals surface area (Å²) in [6.07, 6.45) is 1.20. The number of aromatic nitrogens is 2. The normalized spacial score (nSPS) is 21.6. The van der Waals surface area contributed by atoms with Crippen LogP contribution in [0, 0.1) is 6.92 Å². The third-order valence-corrected chi connectivity index (χ3v) is 3.85. The van der Waals surface area contributed by atoms with Gasteiger partial charge in [-0.1, -0.05) is 6.92 Å². The average Bonchev–Trinajstić information content (AvgIpc) is 2.40. The van der Waals surface area contributed by atoms with E-state index in [-0.39, 0.29) is 0 Å². The molecule has 5 nitrogen and oxygen atoms in total. The van der Waals surface area contributed by atoms with Crippen molar-refractivity contribution in [3.63, 3.8) is 0 Å². The summed E-state index contributed by atoms with van der Waals surface area (Å²) >= 11 is 0. The van der Waals surface area contributed by atoms with Gasteiger partial charge >= 0.3 is 0 Å². The molecule has 2 rings (SSSR count). The minimum absolute atomic E-state index is 0.655. The van der Waals surface area contributed by atoms with E-state index in [0.717, 1.165) is 43.5 Å². The van der Waals surface area contributed by atoms with Crippen LogP contribution in [0.3, 0.4) is 0 Å². The molecule has 0 aliphatic carbocycles. The molecule has 0 amide bonds. The maximum absolute atomic E-state index is 4.54. The van der Waals surface area contributed by atoms with Crippen LogP contribution >= 0.6 is 0 Å². The third kappa shape index (κ3) is 3.64. The molecule has 5 heteroatoms. The molecule has 1 N–H and O–H groups in total. The Hall–Kier alpha value is -1.20. The Morgan fingerprint density at radius 2 is 2.16 bits per heavy atom. The molecule has 1 aromatic rings. The van der Waals surface area contributed by atoms with E-state index in [0.29, 0.717) is 6.04 Å². The number of hydrogen-bond acceptors (Lipinski definition) is 5. The Kier molecular flexibility index (Phi) is 4.71. The number of nitrogens with zero attached hydrogens (tertiary/aromatic N) is 4. The molecule has 1 aromatic heterocycles. The topological polar surface area (TPSA) is 44.3 Å². The van der Waals surface area contributed by atoms with Crippen LogP contribution in [0.25, 0.3) is 0 Å². The third-order valence-electron chi connectivity index (χ3n) is 3.85. The summed E-state index contributed by atoms with van der Waals surface area (Å²) in [6, 6.07) is 2.63. The SMILES string of the molecule is CCC1CN(Cc2nc(C)cc(NC)n2)CCN1C. The Balaban J connectivity index is 2.03. The Labute approximate surface area is 116 Å². The molecule has 0 aromatic carbocycles. The lowest BCUT2D eigenvalue weighted by molar-refractivity contribution is 0.0866. The highest BCUT2D eigenvalue weighted by Crippen LogP contribution is 2.13. The highest BCUT2D eigenvalue weighted by molar-refractivity contribution is 5.34. The molecular weight excluding hydrogens is 238 g/mol. The van der Waals surface area contributed by atoms with Crippen LogP contribution in [0.4, 0.5) is 5.82 Å². The van der Waals surface area contributed by atoms with Gasteiger partial charge in [0.15, 0.2) is 0 Å². The lowest BCUT2D eigenvalue weighted by atomic mass is 10.1. The van der Waals surface area contributed by atoms with E-state index in [1.165, 1.54) is 6.42 Å². The van der Waals surface area contributed by atoms with Gasteiger partial charge in [-0.2, -0.15) is 0 Å². The molecule has 106 valence electrons. The number of hydrogen-bond donors (Lipinski definition) is 1. The zero-order valence-corrected chi connectivity index (χ0v) is 12.5. The fraction of sp³-hybridized carbons (Fsp3) is 0.714. The zero-order valence-electron chi connectivity index (χ0n) is 12.5. The lowest BCUT2D eigenvalue weighted by Crippen LogP contribution is -2.50. The van der Waals surface area contributed by atoms with Crippen LogP contribution in [0.15, 0.2) is 6.07 Å². The number of aryl methyl sites for hydroxylation is 1. The van der Waals surface area contributed by atoms with E-state index in [4.69, 9.17) is 0 Å². The van der Waals surface area contributed by atoms with Gasteiger partial charge in [-0.15, -0.1) is 0 Å². The molecule has 0 radical (unpaired) electrons. The van der Waals surface area contributed by atoms with Crippen molar-refractivity contribution < 1.29 is 0 Å². The predicted molar refractivity (Wildman–Crippen MR) is 78.3 cm³/mol. The van der Waals surface area contributed by atoms with E-state index in [1.54, 1.807) is 0 Å². The van der Waals surface area contributed by atoms with E-state index in [2.05, 4.69) is 39.1 Å². The smallest absolute Gasteiger partial charge is 0.144 e. The molecule has 2 heterocycles. The molecule has 1 aliphatic rings. The van der Waals surface area contributed by atoms with Crippen LogP contribution in [0.1, 0.15) is 24.9 Å². The van der Waals surface area contributed by atoms with Crippen molar-refractivity contribution in [2.24, 2.45) is 0 Å². The van der Waals surface area contributed by atoms with Gasteiger partial charge in [-0.3, -0.25) is 4.90 Å². The van der Waals surface area contributed by atoms with Crippen molar-refractivity contribution in [1.82, 2.24) is 19.8 Å². The first kappa shape index (κ1) is 14.2. The minimum Gasteiger partial charge on any atom is -0.373 e.